The van der Waals surface area contributed by atoms with Gasteiger partial charge in [0.1, 0.15) is 6.04 Å². The first-order valence-electron chi connectivity index (χ1n) is 14.0. The van der Waals surface area contributed by atoms with Crippen LogP contribution < -0.4 is 10.0 Å². The highest BCUT2D eigenvalue weighted by atomic mass is 32.2. The maximum atomic E-state index is 13.6. The molecule has 0 spiro atoms. The number of benzene rings is 2. The average molecular weight is 632 g/mol. The van der Waals surface area contributed by atoms with Gasteiger partial charge in [0, 0.05) is 11.6 Å². The molecule has 232 valence electrons. The summed E-state index contributed by atoms with van der Waals surface area (Å²) in [6.45, 7) is 1.96. The van der Waals surface area contributed by atoms with E-state index in [1.807, 2.05) is 13.0 Å². The summed E-state index contributed by atoms with van der Waals surface area (Å²) in [5.41, 5.74) is 0.961. The quantitative estimate of drug-likeness (QED) is 0.220. The van der Waals surface area contributed by atoms with Crippen LogP contribution in [0.5, 0.6) is 0 Å². The van der Waals surface area contributed by atoms with Crippen molar-refractivity contribution in [3.05, 3.63) is 72.4 Å². The molecule has 0 radical (unpaired) electrons. The van der Waals surface area contributed by atoms with E-state index in [0.29, 0.717) is 18.2 Å². The largest absolute Gasteiger partial charge is 0.481 e. The van der Waals surface area contributed by atoms with Gasteiger partial charge in [-0.15, -0.1) is 0 Å². The van der Waals surface area contributed by atoms with Crippen LogP contribution in [0.1, 0.15) is 31.7 Å². The van der Waals surface area contributed by atoms with Crippen molar-refractivity contribution >= 4 is 42.6 Å². The lowest BCUT2D eigenvalue weighted by Crippen LogP contribution is -2.55. The van der Waals surface area contributed by atoms with E-state index in [-0.39, 0.29) is 35.1 Å². The van der Waals surface area contributed by atoms with E-state index in [2.05, 4.69) is 15.0 Å². The van der Waals surface area contributed by atoms with Crippen LogP contribution in [0.25, 0.3) is 10.9 Å². The number of carbonyl (C=O) groups excluding carboxylic acids is 1. The first-order chi connectivity index (χ1) is 20.2. The third-order valence-electron chi connectivity index (χ3n) is 7.87. The van der Waals surface area contributed by atoms with Gasteiger partial charge in [0.15, 0.2) is 9.84 Å². The Bertz CT molecular complexity index is 1660. The number of amides is 1. The number of nitrogens with zero attached hydrogens (tertiary/aromatic N) is 1. The van der Waals surface area contributed by atoms with Crippen molar-refractivity contribution in [3.8, 4) is 0 Å². The molecule has 3 aromatic rings. The Labute approximate surface area is 251 Å². The molecule has 0 bridgehead atoms. The second kappa shape index (κ2) is 13.5. The maximum absolute atomic E-state index is 13.6. The minimum Gasteiger partial charge on any atom is -0.481 e. The zero-order valence-electron chi connectivity index (χ0n) is 24.0. The second-order valence-corrected chi connectivity index (χ2v) is 15.2. The molecule has 4 N–H and O–H groups in total. The van der Waals surface area contributed by atoms with Gasteiger partial charge < -0.3 is 15.5 Å². The van der Waals surface area contributed by atoms with Gasteiger partial charge >= 0.3 is 5.97 Å². The maximum Gasteiger partial charge on any atom is 0.306 e. The third kappa shape index (κ3) is 8.59. The monoisotopic (exact) mass is 631 g/mol. The van der Waals surface area contributed by atoms with Crippen LogP contribution in [0, 0.1) is 17.8 Å². The van der Waals surface area contributed by atoms with Crippen molar-refractivity contribution in [3.63, 3.8) is 0 Å². The fraction of sp³-hybridized carbons (Fsp3) is 0.433. The topological polar surface area (TPSA) is 180 Å². The number of aliphatic hydroxyl groups is 1. The van der Waals surface area contributed by atoms with E-state index in [0.717, 1.165) is 11.8 Å². The van der Waals surface area contributed by atoms with E-state index in [9.17, 15) is 36.6 Å². The first kappa shape index (κ1) is 32.5. The summed E-state index contributed by atoms with van der Waals surface area (Å²) in [5, 5.41) is 24.3. The van der Waals surface area contributed by atoms with Crippen molar-refractivity contribution in [1.29, 1.82) is 0 Å². The molecule has 6 unspecified atom stereocenters. The minimum atomic E-state index is -4.24. The molecule has 11 nitrogen and oxygen atoms in total. The number of carbonyl (C=O) groups is 2. The van der Waals surface area contributed by atoms with E-state index in [4.69, 9.17) is 0 Å². The summed E-state index contributed by atoms with van der Waals surface area (Å²) in [7, 11) is -8.28. The summed E-state index contributed by atoms with van der Waals surface area (Å²) >= 11 is 0. The highest BCUT2D eigenvalue weighted by Crippen LogP contribution is 2.39. The van der Waals surface area contributed by atoms with Gasteiger partial charge in [-0.05, 0) is 55.2 Å². The fourth-order valence-electron chi connectivity index (χ4n) is 5.93. The molecule has 1 fully saturated rings. The van der Waals surface area contributed by atoms with Crippen LogP contribution in [0.4, 0.5) is 0 Å². The van der Waals surface area contributed by atoms with Crippen molar-refractivity contribution in [2.75, 3.05) is 12.0 Å². The Morgan fingerprint density at radius 3 is 2.37 bits per heavy atom. The minimum absolute atomic E-state index is 0.100. The van der Waals surface area contributed by atoms with Crippen LogP contribution in [-0.4, -0.2) is 74.1 Å². The summed E-state index contributed by atoms with van der Waals surface area (Å²) in [5.74, 6) is -3.54. The number of nitrogens with one attached hydrogen (secondary N) is 2. The molecular weight excluding hydrogens is 594 g/mol. The number of para-hydroxylation sites is 1. The molecule has 0 aliphatic heterocycles. The fourth-order valence-corrected chi connectivity index (χ4v) is 8.35. The van der Waals surface area contributed by atoms with Crippen molar-refractivity contribution in [1.82, 2.24) is 15.0 Å². The predicted molar refractivity (Wildman–Crippen MR) is 161 cm³/mol. The van der Waals surface area contributed by atoms with E-state index in [1.165, 1.54) is 18.3 Å². The lowest BCUT2D eigenvalue weighted by Gasteiger charge is -2.29. The van der Waals surface area contributed by atoms with Crippen molar-refractivity contribution in [2.24, 2.45) is 17.8 Å². The molecule has 4 rings (SSSR count). The number of rotatable bonds is 13. The van der Waals surface area contributed by atoms with Gasteiger partial charge in [0.25, 0.3) is 0 Å². The predicted octanol–water partition coefficient (Wildman–Crippen LogP) is 2.15. The lowest BCUT2D eigenvalue weighted by atomic mass is 9.87. The number of fused-ring (bicyclic) bond motifs is 1. The van der Waals surface area contributed by atoms with Crippen LogP contribution in [0.2, 0.25) is 0 Å². The molecule has 1 amide bonds. The molecule has 0 saturated heterocycles. The van der Waals surface area contributed by atoms with Crippen LogP contribution >= 0.6 is 0 Å². The molecule has 1 heterocycles. The Hall–Kier alpha value is -3.39. The van der Waals surface area contributed by atoms with E-state index >= 15 is 0 Å². The summed E-state index contributed by atoms with van der Waals surface area (Å²) in [6, 6.07) is 14.2. The zero-order chi connectivity index (χ0) is 31.4. The van der Waals surface area contributed by atoms with Crippen molar-refractivity contribution < 1.29 is 36.6 Å². The first-order valence-corrected chi connectivity index (χ1v) is 17.6. The number of hydrogen-bond donors (Lipinski definition) is 4. The number of pyridine rings is 1. The molecule has 1 aliphatic carbocycles. The molecule has 1 saturated carbocycles. The van der Waals surface area contributed by atoms with Gasteiger partial charge in [0.05, 0.1) is 40.5 Å². The Kier molecular flexibility index (Phi) is 10.2. The van der Waals surface area contributed by atoms with Crippen molar-refractivity contribution in [2.45, 2.75) is 55.7 Å². The number of sulfonamides is 1. The molecular formula is C30H37N3O8S2. The van der Waals surface area contributed by atoms with E-state index < -0.39 is 61.6 Å². The standard InChI is InChI=1S/C30H37N3O8S2/c1-19-14-22(23(15-19)30(36)37)17-26(34)24(16-20-8-4-3-5-9-20)32-29(35)25(33-42(2,38)39)18-43(40,41)27-12-6-10-21-11-7-13-31-28(21)27/h3-13,19,22-26,33-34H,14-18H2,1-2H3,(H,32,35)(H,36,37). The summed E-state index contributed by atoms with van der Waals surface area (Å²) < 4.78 is 53.8. The second-order valence-electron chi connectivity index (χ2n) is 11.4. The number of aliphatic hydroxyl groups excluding tert-OH is 1. The third-order valence-corrected chi connectivity index (χ3v) is 10.4. The molecule has 1 aromatic heterocycles. The van der Waals surface area contributed by atoms with Crippen LogP contribution in [-0.2, 0) is 35.9 Å². The van der Waals surface area contributed by atoms with Gasteiger partial charge in [-0.1, -0.05) is 55.5 Å². The molecule has 43 heavy (non-hydrogen) atoms. The smallest absolute Gasteiger partial charge is 0.306 e. The summed E-state index contributed by atoms with van der Waals surface area (Å²) in [6.07, 6.45) is 2.43. The zero-order valence-corrected chi connectivity index (χ0v) is 25.6. The molecule has 6 atom stereocenters. The van der Waals surface area contributed by atoms with Crippen LogP contribution in [0.15, 0.2) is 71.8 Å². The highest BCUT2D eigenvalue weighted by Gasteiger charge is 2.40. The van der Waals surface area contributed by atoms with Gasteiger partial charge in [0.2, 0.25) is 15.9 Å². The SMILES string of the molecule is CC1CC(CC(O)C(Cc2ccccc2)NC(=O)C(CS(=O)(=O)c2cccc3cccnc23)NS(C)(=O)=O)C(C(=O)O)C1. The normalized spacial score (nSPS) is 21.2. The highest BCUT2D eigenvalue weighted by molar-refractivity contribution is 7.92. The Morgan fingerprint density at radius 1 is 1.00 bits per heavy atom. The lowest BCUT2D eigenvalue weighted by molar-refractivity contribution is -0.143. The van der Waals surface area contributed by atoms with Crippen LogP contribution in [0.3, 0.4) is 0 Å². The number of carboxylic acid groups (broad SMARTS) is 1. The average Bonchev–Trinajstić information content (AvgIpc) is 3.31. The number of sulfone groups is 1. The Balaban J connectivity index is 1.61. The number of aliphatic carboxylic acids is 1. The Morgan fingerprint density at radius 2 is 1.70 bits per heavy atom. The van der Waals surface area contributed by atoms with Gasteiger partial charge in [-0.3, -0.25) is 14.6 Å². The number of hydrogen-bond acceptors (Lipinski definition) is 8. The van der Waals surface area contributed by atoms with Gasteiger partial charge in [-0.2, -0.15) is 0 Å². The molecule has 13 heteroatoms. The summed E-state index contributed by atoms with van der Waals surface area (Å²) in [4.78, 5) is 29.5. The number of aromatic nitrogens is 1. The van der Waals surface area contributed by atoms with Gasteiger partial charge in [-0.25, -0.2) is 21.6 Å². The molecule has 1 aliphatic rings. The number of carboxylic acids is 1. The van der Waals surface area contributed by atoms with E-state index in [1.54, 1.807) is 42.5 Å². The molecule has 2 aromatic carbocycles.